The summed E-state index contributed by atoms with van der Waals surface area (Å²) in [6, 6.07) is 4.80. The molecule has 0 saturated heterocycles. The highest BCUT2D eigenvalue weighted by atomic mass is 16.4. The van der Waals surface area contributed by atoms with Crippen LogP contribution in [0.15, 0.2) is 35.1 Å². The average Bonchev–Trinajstić information content (AvgIpc) is 2.85. The topological polar surface area (TPSA) is 101 Å². The molecule has 18 heavy (non-hydrogen) atoms. The van der Waals surface area contributed by atoms with E-state index in [1.165, 1.54) is 12.3 Å². The molecule has 0 radical (unpaired) electrons. The van der Waals surface area contributed by atoms with Gasteiger partial charge in [-0.15, -0.1) is 0 Å². The third-order valence-electron chi connectivity index (χ3n) is 2.54. The van der Waals surface area contributed by atoms with Gasteiger partial charge in [0.15, 0.2) is 5.82 Å². The van der Waals surface area contributed by atoms with Crippen LogP contribution in [0.3, 0.4) is 0 Å². The Kier molecular flexibility index (Phi) is 3.18. The van der Waals surface area contributed by atoms with Gasteiger partial charge in [0, 0.05) is 6.20 Å². The van der Waals surface area contributed by atoms with Crippen LogP contribution in [0.5, 0.6) is 0 Å². The van der Waals surface area contributed by atoms with Gasteiger partial charge in [-0.2, -0.15) is 0 Å². The van der Waals surface area contributed by atoms with Crippen LogP contribution in [0.4, 0.5) is 11.5 Å². The highest BCUT2D eigenvalue weighted by Crippen LogP contribution is 2.24. The Morgan fingerprint density at radius 1 is 1.56 bits per heavy atom. The number of nitrogens with zero attached hydrogens (tertiary/aromatic N) is 1. The molecule has 0 bridgehead atoms. The highest BCUT2D eigenvalue weighted by molar-refractivity contribution is 5.96. The summed E-state index contributed by atoms with van der Waals surface area (Å²) in [4.78, 5) is 15.0. The molecule has 2 aromatic heterocycles. The minimum atomic E-state index is -1.08. The fraction of sp³-hybridized carbons (Fsp3) is 0.167. The molecule has 6 heteroatoms. The van der Waals surface area contributed by atoms with E-state index in [-0.39, 0.29) is 17.3 Å². The molecule has 2 aromatic rings. The first kappa shape index (κ1) is 12.0. The van der Waals surface area contributed by atoms with Crippen molar-refractivity contribution in [3.8, 4) is 0 Å². The van der Waals surface area contributed by atoms with Gasteiger partial charge in [-0.1, -0.05) is 0 Å². The number of nitrogens with two attached hydrogens (primary N) is 1. The number of hydrogen-bond acceptors (Lipinski definition) is 5. The molecule has 1 atom stereocenters. The second-order valence-corrected chi connectivity index (χ2v) is 3.81. The molecule has 2 rings (SSSR count). The van der Waals surface area contributed by atoms with Crippen molar-refractivity contribution in [2.45, 2.75) is 13.0 Å². The largest absolute Gasteiger partial charge is 0.478 e. The maximum Gasteiger partial charge on any atom is 0.337 e. The lowest BCUT2D eigenvalue weighted by atomic mass is 10.2. The fourth-order valence-corrected chi connectivity index (χ4v) is 1.59. The van der Waals surface area contributed by atoms with E-state index >= 15 is 0 Å². The number of anilines is 2. The zero-order valence-corrected chi connectivity index (χ0v) is 9.75. The molecule has 94 valence electrons. The summed E-state index contributed by atoms with van der Waals surface area (Å²) in [5, 5.41) is 12.0. The molecular weight excluding hydrogens is 234 g/mol. The summed E-state index contributed by atoms with van der Waals surface area (Å²) in [5.74, 6) is -0.0284. The molecule has 0 fully saturated rings. The minimum absolute atomic E-state index is 0.0270. The first-order chi connectivity index (χ1) is 8.59. The molecule has 0 saturated carbocycles. The molecule has 0 aliphatic heterocycles. The summed E-state index contributed by atoms with van der Waals surface area (Å²) in [6.45, 7) is 1.87. The molecule has 2 heterocycles. The van der Waals surface area contributed by atoms with Crippen molar-refractivity contribution < 1.29 is 14.3 Å². The Hall–Kier alpha value is -2.50. The van der Waals surface area contributed by atoms with Crippen LogP contribution >= 0.6 is 0 Å². The number of hydrogen-bond donors (Lipinski definition) is 3. The summed E-state index contributed by atoms with van der Waals surface area (Å²) in [7, 11) is 0. The van der Waals surface area contributed by atoms with E-state index in [4.69, 9.17) is 15.3 Å². The van der Waals surface area contributed by atoms with Crippen LogP contribution in [0.1, 0.15) is 29.1 Å². The van der Waals surface area contributed by atoms with E-state index in [9.17, 15) is 4.79 Å². The summed E-state index contributed by atoms with van der Waals surface area (Å²) < 4.78 is 5.24. The predicted molar refractivity (Wildman–Crippen MR) is 66.4 cm³/mol. The number of pyridine rings is 1. The first-order valence-corrected chi connectivity index (χ1v) is 5.37. The van der Waals surface area contributed by atoms with Gasteiger partial charge in [0.25, 0.3) is 0 Å². The van der Waals surface area contributed by atoms with Gasteiger partial charge in [0.05, 0.1) is 23.6 Å². The number of furan rings is 1. The van der Waals surface area contributed by atoms with Gasteiger partial charge in [0.2, 0.25) is 0 Å². The Bertz CT molecular complexity index is 552. The second-order valence-electron chi connectivity index (χ2n) is 3.81. The van der Waals surface area contributed by atoms with Crippen molar-refractivity contribution in [2.75, 3.05) is 11.1 Å². The zero-order chi connectivity index (χ0) is 13.1. The van der Waals surface area contributed by atoms with E-state index in [2.05, 4.69) is 10.3 Å². The van der Waals surface area contributed by atoms with Gasteiger partial charge in [0.1, 0.15) is 5.76 Å². The van der Waals surface area contributed by atoms with Crippen LogP contribution in [0.25, 0.3) is 0 Å². The molecule has 4 N–H and O–H groups in total. The smallest absolute Gasteiger partial charge is 0.337 e. The van der Waals surface area contributed by atoms with Crippen molar-refractivity contribution in [1.29, 1.82) is 0 Å². The number of aromatic carboxylic acids is 1. The first-order valence-electron chi connectivity index (χ1n) is 5.37. The molecule has 0 aliphatic carbocycles. The molecule has 0 amide bonds. The zero-order valence-electron chi connectivity index (χ0n) is 9.75. The monoisotopic (exact) mass is 247 g/mol. The number of carboxylic acids is 1. The molecule has 1 unspecified atom stereocenters. The Morgan fingerprint density at radius 3 is 2.94 bits per heavy atom. The lowest BCUT2D eigenvalue weighted by Gasteiger charge is -2.14. The van der Waals surface area contributed by atoms with Crippen molar-refractivity contribution in [1.82, 2.24) is 4.98 Å². The van der Waals surface area contributed by atoms with E-state index in [0.717, 1.165) is 5.76 Å². The Morgan fingerprint density at radius 2 is 2.33 bits per heavy atom. The number of nitrogen functional groups attached to an aromatic ring is 1. The Labute approximate surface area is 103 Å². The van der Waals surface area contributed by atoms with Crippen LogP contribution in [0, 0.1) is 0 Å². The molecule has 6 nitrogen and oxygen atoms in total. The van der Waals surface area contributed by atoms with Crippen LogP contribution < -0.4 is 11.1 Å². The van der Waals surface area contributed by atoms with E-state index < -0.39 is 5.97 Å². The van der Waals surface area contributed by atoms with Crippen LogP contribution in [-0.2, 0) is 0 Å². The summed E-state index contributed by atoms with van der Waals surface area (Å²) in [5.41, 5.74) is 5.89. The lowest BCUT2D eigenvalue weighted by molar-refractivity contribution is 0.0698. The highest BCUT2D eigenvalue weighted by Gasteiger charge is 2.15. The van der Waals surface area contributed by atoms with E-state index in [1.54, 1.807) is 12.3 Å². The van der Waals surface area contributed by atoms with Crippen LogP contribution in [-0.4, -0.2) is 16.1 Å². The average molecular weight is 247 g/mol. The minimum Gasteiger partial charge on any atom is -0.478 e. The van der Waals surface area contributed by atoms with Crippen molar-refractivity contribution >= 4 is 17.5 Å². The predicted octanol–water partition coefficient (Wildman–Crippen LogP) is 2.13. The van der Waals surface area contributed by atoms with Gasteiger partial charge in [-0.05, 0) is 25.1 Å². The van der Waals surface area contributed by atoms with Crippen LogP contribution in [0.2, 0.25) is 0 Å². The summed E-state index contributed by atoms with van der Waals surface area (Å²) >= 11 is 0. The van der Waals surface area contributed by atoms with Gasteiger partial charge >= 0.3 is 5.97 Å². The third-order valence-corrected chi connectivity index (χ3v) is 2.54. The van der Waals surface area contributed by atoms with Gasteiger partial charge < -0.3 is 20.6 Å². The van der Waals surface area contributed by atoms with E-state index in [0.29, 0.717) is 5.82 Å². The maximum absolute atomic E-state index is 10.9. The quantitative estimate of drug-likeness (QED) is 0.765. The molecule has 0 spiro atoms. The van der Waals surface area contributed by atoms with Gasteiger partial charge in [-0.3, -0.25) is 0 Å². The van der Waals surface area contributed by atoms with E-state index in [1.807, 2.05) is 13.0 Å². The fourth-order valence-electron chi connectivity index (χ4n) is 1.59. The SMILES string of the molecule is CC(Nc1nccc(C(=O)O)c1N)c1ccco1. The second kappa shape index (κ2) is 4.79. The van der Waals surface area contributed by atoms with Crippen molar-refractivity contribution in [3.05, 3.63) is 42.0 Å². The standard InChI is InChI=1S/C12H13N3O3/c1-7(9-3-2-6-18-9)15-11-10(13)8(12(16)17)4-5-14-11/h2-7H,13H2,1H3,(H,14,15)(H,16,17). The Balaban J connectivity index is 2.24. The lowest BCUT2D eigenvalue weighted by Crippen LogP contribution is -2.12. The molecule has 0 aromatic carbocycles. The number of rotatable bonds is 4. The number of carboxylic acid groups (broad SMARTS) is 1. The number of nitrogens with one attached hydrogen (secondary N) is 1. The maximum atomic E-state index is 10.9. The normalized spacial score (nSPS) is 12.1. The number of carbonyl (C=O) groups is 1. The summed E-state index contributed by atoms with van der Waals surface area (Å²) in [6.07, 6.45) is 2.97. The molecular formula is C12H13N3O3. The van der Waals surface area contributed by atoms with Gasteiger partial charge in [-0.25, -0.2) is 9.78 Å². The third kappa shape index (κ3) is 2.27. The van der Waals surface area contributed by atoms with Crippen molar-refractivity contribution in [3.63, 3.8) is 0 Å². The van der Waals surface area contributed by atoms with Crippen molar-refractivity contribution in [2.24, 2.45) is 0 Å². The molecule has 0 aliphatic rings. The number of aromatic nitrogens is 1.